The lowest BCUT2D eigenvalue weighted by molar-refractivity contribution is 0.0846. The zero-order valence-corrected chi connectivity index (χ0v) is 20.7. The quantitative estimate of drug-likeness (QED) is 0.264. The van der Waals surface area contributed by atoms with Gasteiger partial charge in [-0.3, -0.25) is 4.79 Å². The number of ether oxygens (including phenoxy) is 1. The summed E-state index contributed by atoms with van der Waals surface area (Å²) in [5.41, 5.74) is 2.32. The molecule has 1 amide bonds. The highest BCUT2D eigenvalue weighted by Crippen LogP contribution is 2.30. The predicted octanol–water partition coefficient (Wildman–Crippen LogP) is 5.39. The third kappa shape index (κ3) is 7.14. The van der Waals surface area contributed by atoms with Crippen LogP contribution in [0.2, 0.25) is 0 Å². The molecule has 0 aliphatic heterocycles. The van der Waals surface area contributed by atoms with E-state index in [1.165, 1.54) is 24.7 Å². The molecule has 0 bridgehead atoms. The van der Waals surface area contributed by atoms with Crippen LogP contribution in [-0.2, 0) is 13.0 Å². The average molecular weight is 516 g/mol. The first-order chi connectivity index (χ1) is 16.5. The molecule has 2 aromatic carbocycles. The molecule has 184 valence electrons. The van der Waals surface area contributed by atoms with Gasteiger partial charge >= 0.3 is 0 Å². The second kappa shape index (κ2) is 12.5. The first-order valence-electron chi connectivity index (χ1n) is 11.0. The number of halogens is 2. The summed E-state index contributed by atoms with van der Waals surface area (Å²) in [5.74, 6) is 0.213. The van der Waals surface area contributed by atoms with Crippen molar-refractivity contribution in [3.05, 3.63) is 95.1 Å². The molecule has 35 heavy (non-hydrogen) atoms. The molecular formula is C26H27ClFN3O3S. The van der Waals surface area contributed by atoms with E-state index in [-0.39, 0.29) is 24.1 Å². The van der Waals surface area contributed by atoms with Crippen LogP contribution in [0.25, 0.3) is 10.4 Å². The van der Waals surface area contributed by atoms with Gasteiger partial charge in [-0.1, -0.05) is 30.3 Å². The van der Waals surface area contributed by atoms with Crippen LogP contribution in [0.1, 0.15) is 34.3 Å². The number of aromatic nitrogens is 2. The van der Waals surface area contributed by atoms with Crippen molar-refractivity contribution < 1.29 is 19.0 Å². The van der Waals surface area contributed by atoms with Crippen LogP contribution in [0.15, 0.2) is 73.2 Å². The van der Waals surface area contributed by atoms with Crippen LogP contribution in [0, 0.1) is 5.82 Å². The topological polar surface area (TPSA) is 87.2 Å². The van der Waals surface area contributed by atoms with Gasteiger partial charge in [-0.15, -0.1) is 23.7 Å². The van der Waals surface area contributed by atoms with Gasteiger partial charge in [-0.05, 0) is 61.2 Å². The Labute approximate surface area is 213 Å². The number of aliphatic hydroxyl groups excluding tert-OH is 1. The number of aromatic amines is 1. The molecule has 0 aliphatic rings. The highest BCUT2D eigenvalue weighted by atomic mass is 35.5. The first-order valence-corrected chi connectivity index (χ1v) is 11.8. The van der Waals surface area contributed by atoms with Gasteiger partial charge in [0.1, 0.15) is 23.9 Å². The Morgan fingerprint density at radius 2 is 1.94 bits per heavy atom. The number of hydrogen-bond acceptors (Lipinski definition) is 5. The fourth-order valence-electron chi connectivity index (χ4n) is 3.60. The Hall–Kier alpha value is -3.20. The summed E-state index contributed by atoms with van der Waals surface area (Å²) in [7, 11) is 0. The maximum absolute atomic E-state index is 13.2. The summed E-state index contributed by atoms with van der Waals surface area (Å²) in [6.45, 7) is 2.08. The summed E-state index contributed by atoms with van der Waals surface area (Å²) in [4.78, 5) is 21.1. The fraction of sp³-hybridized carbons (Fsp3) is 0.231. The van der Waals surface area contributed by atoms with Gasteiger partial charge in [-0.2, -0.15) is 0 Å². The number of thiophene rings is 1. The third-order valence-corrected chi connectivity index (χ3v) is 6.61. The van der Waals surface area contributed by atoms with E-state index in [0.29, 0.717) is 25.1 Å². The summed E-state index contributed by atoms with van der Waals surface area (Å²) in [6.07, 6.45) is 3.35. The number of rotatable bonds is 10. The van der Waals surface area contributed by atoms with Gasteiger partial charge in [0.2, 0.25) is 0 Å². The molecule has 2 heterocycles. The Bertz CT molecular complexity index is 1210. The number of carbonyl (C=O) groups excluding carboxylic acids is 1. The van der Waals surface area contributed by atoms with Crippen molar-refractivity contribution in [3.8, 4) is 16.2 Å². The van der Waals surface area contributed by atoms with E-state index in [9.17, 15) is 14.3 Å². The number of aryl methyl sites for hydroxylation is 1. The molecule has 6 nitrogen and oxygen atoms in total. The molecule has 0 radical (unpaired) electrons. The monoisotopic (exact) mass is 515 g/mol. The van der Waals surface area contributed by atoms with Crippen LogP contribution in [-0.4, -0.2) is 33.1 Å². The molecule has 0 spiro atoms. The maximum atomic E-state index is 13.2. The Morgan fingerprint density at radius 1 is 1.17 bits per heavy atom. The molecule has 2 aromatic heterocycles. The molecule has 0 aliphatic carbocycles. The van der Waals surface area contributed by atoms with Gasteiger partial charge in [-0.25, -0.2) is 9.37 Å². The lowest BCUT2D eigenvalue weighted by Crippen LogP contribution is -2.42. The van der Waals surface area contributed by atoms with Gasteiger partial charge in [0.15, 0.2) is 0 Å². The second-order valence-corrected chi connectivity index (χ2v) is 9.16. The van der Waals surface area contributed by atoms with Crippen molar-refractivity contribution in [2.24, 2.45) is 0 Å². The van der Waals surface area contributed by atoms with E-state index < -0.39 is 12.1 Å². The van der Waals surface area contributed by atoms with Crippen molar-refractivity contribution >= 4 is 29.7 Å². The largest absolute Gasteiger partial charge is 0.488 e. The summed E-state index contributed by atoms with van der Waals surface area (Å²) in [5, 5.41) is 13.0. The van der Waals surface area contributed by atoms with Crippen molar-refractivity contribution in [3.63, 3.8) is 0 Å². The fourth-order valence-corrected chi connectivity index (χ4v) is 4.52. The predicted molar refractivity (Wildman–Crippen MR) is 138 cm³/mol. The lowest BCUT2D eigenvalue weighted by Gasteiger charge is -2.21. The SMILES string of the molecule is C[C@H](O)[C@@H](CCc1ccccc1OCc1ccc(-c2ccc(F)cc2)s1)NC(=O)c1cnc[nH]1.Cl. The van der Waals surface area contributed by atoms with Gasteiger partial charge in [0.25, 0.3) is 5.91 Å². The molecule has 0 fully saturated rings. The standard InChI is InChI=1S/C26H26FN3O3S.ClH/c1-17(31)22(30-26(32)23-14-28-16-29-23)12-8-18-4-2-3-5-24(18)33-15-21-11-13-25(34-21)19-6-9-20(27)10-7-19;/h2-7,9-11,13-14,16-17,22,31H,8,12,15H2,1H3,(H,28,29)(H,30,32);1H/t17-,22+;/m0./s1. The number of carbonyl (C=O) groups is 1. The van der Waals surface area contributed by atoms with E-state index in [2.05, 4.69) is 15.3 Å². The number of aliphatic hydroxyl groups is 1. The number of amides is 1. The van der Waals surface area contributed by atoms with Gasteiger partial charge < -0.3 is 20.1 Å². The Kier molecular flexibility index (Phi) is 9.42. The zero-order chi connectivity index (χ0) is 23.9. The second-order valence-electron chi connectivity index (χ2n) is 7.99. The van der Waals surface area contributed by atoms with Crippen LogP contribution in [0.4, 0.5) is 4.39 Å². The molecule has 2 atom stereocenters. The van der Waals surface area contributed by atoms with E-state index in [1.54, 1.807) is 30.4 Å². The van der Waals surface area contributed by atoms with E-state index in [0.717, 1.165) is 26.6 Å². The smallest absolute Gasteiger partial charge is 0.269 e. The molecule has 0 saturated heterocycles. The van der Waals surface area contributed by atoms with Crippen molar-refractivity contribution in [2.45, 2.75) is 38.5 Å². The number of imidazole rings is 1. The van der Waals surface area contributed by atoms with Crippen LogP contribution >= 0.6 is 23.7 Å². The van der Waals surface area contributed by atoms with E-state index >= 15 is 0 Å². The number of benzene rings is 2. The van der Waals surface area contributed by atoms with Crippen LogP contribution < -0.4 is 10.1 Å². The minimum atomic E-state index is -0.712. The number of para-hydroxylation sites is 1. The summed E-state index contributed by atoms with van der Waals surface area (Å²) < 4.78 is 19.3. The summed E-state index contributed by atoms with van der Waals surface area (Å²) >= 11 is 1.61. The number of nitrogens with one attached hydrogen (secondary N) is 2. The lowest BCUT2D eigenvalue weighted by atomic mass is 10.0. The zero-order valence-electron chi connectivity index (χ0n) is 19.1. The average Bonchev–Trinajstić information content (AvgIpc) is 3.54. The molecular weight excluding hydrogens is 489 g/mol. The van der Waals surface area contributed by atoms with Crippen molar-refractivity contribution in [1.29, 1.82) is 0 Å². The number of nitrogens with zero attached hydrogens (tertiary/aromatic N) is 1. The Balaban J connectivity index is 0.00000342. The Morgan fingerprint density at radius 3 is 2.66 bits per heavy atom. The number of H-pyrrole nitrogens is 1. The normalized spacial score (nSPS) is 12.4. The van der Waals surface area contributed by atoms with Crippen molar-refractivity contribution in [1.82, 2.24) is 15.3 Å². The molecule has 0 saturated carbocycles. The van der Waals surface area contributed by atoms with E-state index in [1.807, 2.05) is 36.4 Å². The molecule has 4 aromatic rings. The molecule has 4 rings (SSSR count). The molecule has 0 unspecified atom stereocenters. The minimum Gasteiger partial charge on any atom is -0.488 e. The van der Waals surface area contributed by atoms with Crippen molar-refractivity contribution in [2.75, 3.05) is 0 Å². The highest BCUT2D eigenvalue weighted by Gasteiger charge is 2.20. The summed E-state index contributed by atoms with van der Waals surface area (Å²) in [6, 6.07) is 17.8. The third-order valence-electron chi connectivity index (χ3n) is 5.50. The molecule has 3 N–H and O–H groups in total. The first kappa shape index (κ1) is 26.4. The maximum Gasteiger partial charge on any atom is 0.269 e. The highest BCUT2D eigenvalue weighted by molar-refractivity contribution is 7.15. The van der Waals surface area contributed by atoms with Crippen LogP contribution in [0.3, 0.4) is 0 Å². The van der Waals surface area contributed by atoms with Crippen LogP contribution in [0.5, 0.6) is 5.75 Å². The van der Waals surface area contributed by atoms with Gasteiger partial charge in [0.05, 0.1) is 24.7 Å². The molecule has 9 heteroatoms. The van der Waals surface area contributed by atoms with E-state index in [4.69, 9.17) is 4.74 Å². The minimum absolute atomic E-state index is 0. The number of hydrogen-bond donors (Lipinski definition) is 3. The van der Waals surface area contributed by atoms with Gasteiger partial charge in [0, 0.05) is 9.75 Å².